The van der Waals surface area contributed by atoms with E-state index in [2.05, 4.69) is 44.4 Å². The van der Waals surface area contributed by atoms with E-state index in [1.807, 2.05) is 6.20 Å². The largest absolute Gasteiger partial charge is 0.297 e. The van der Waals surface area contributed by atoms with Crippen molar-refractivity contribution in [1.82, 2.24) is 14.8 Å². The van der Waals surface area contributed by atoms with Crippen molar-refractivity contribution in [3.8, 4) is 0 Å². The van der Waals surface area contributed by atoms with Crippen molar-refractivity contribution < 1.29 is 0 Å². The monoisotopic (exact) mass is 299 g/mol. The lowest BCUT2D eigenvalue weighted by Crippen LogP contribution is -2.50. The van der Waals surface area contributed by atoms with Crippen molar-refractivity contribution in [2.45, 2.75) is 25.4 Å². The highest BCUT2D eigenvalue weighted by Crippen LogP contribution is 2.26. The van der Waals surface area contributed by atoms with Gasteiger partial charge in [0.05, 0.1) is 6.54 Å². The minimum absolute atomic E-state index is 0.726. The van der Waals surface area contributed by atoms with Gasteiger partial charge in [-0.05, 0) is 24.0 Å². The second-order valence-electron chi connectivity index (χ2n) is 6.07. The van der Waals surface area contributed by atoms with E-state index in [-0.39, 0.29) is 0 Å². The third-order valence-corrected chi connectivity index (χ3v) is 5.56. The topological polar surface area (TPSA) is 19.4 Å². The molecule has 2 aliphatic rings. The van der Waals surface area contributed by atoms with Crippen LogP contribution >= 0.6 is 11.3 Å². The highest BCUT2D eigenvalue weighted by atomic mass is 32.1. The van der Waals surface area contributed by atoms with Gasteiger partial charge in [-0.25, -0.2) is 4.98 Å². The first-order valence-electron chi connectivity index (χ1n) is 7.80. The molecule has 4 heteroatoms. The standard InChI is InChI=1S/C17H21N3S/c1-2-4-15-12-16(11-14(15)3-1)20-8-6-19(7-9-20)13-17-18-5-10-21-17/h1-5,10,16H,6-9,11-13H2. The number of aromatic nitrogens is 1. The Kier molecular flexibility index (Phi) is 3.76. The summed E-state index contributed by atoms with van der Waals surface area (Å²) in [4.78, 5) is 9.63. The fourth-order valence-electron chi connectivity index (χ4n) is 3.60. The van der Waals surface area contributed by atoms with Crippen molar-refractivity contribution in [3.05, 3.63) is 52.0 Å². The van der Waals surface area contributed by atoms with Crippen LogP contribution in [0.4, 0.5) is 0 Å². The molecule has 21 heavy (non-hydrogen) atoms. The van der Waals surface area contributed by atoms with Gasteiger partial charge in [0.2, 0.25) is 0 Å². The molecule has 1 aromatic heterocycles. The van der Waals surface area contributed by atoms with Crippen molar-refractivity contribution in [1.29, 1.82) is 0 Å². The van der Waals surface area contributed by atoms with Crippen LogP contribution in [-0.2, 0) is 19.4 Å². The molecule has 0 N–H and O–H groups in total. The minimum Gasteiger partial charge on any atom is -0.297 e. The Morgan fingerprint density at radius 1 is 1.05 bits per heavy atom. The van der Waals surface area contributed by atoms with E-state index in [1.54, 1.807) is 22.5 Å². The lowest BCUT2D eigenvalue weighted by Gasteiger charge is -2.37. The number of rotatable bonds is 3. The van der Waals surface area contributed by atoms with Crippen LogP contribution in [0.25, 0.3) is 0 Å². The molecule has 1 fully saturated rings. The Labute approximate surface area is 130 Å². The summed E-state index contributed by atoms with van der Waals surface area (Å²) >= 11 is 1.77. The molecule has 1 saturated heterocycles. The number of piperazine rings is 1. The smallest absolute Gasteiger partial charge is 0.107 e. The van der Waals surface area contributed by atoms with Crippen LogP contribution in [0.3, 0.4) is 0 Å². The Balaban J connectivity index is 1.32. The van der Waals surface area contributed by atoms with Crippen LogP contribution in [0.2, 0.25) is 0 Å². The summed E-state index contributed by atoms with van der Waals surface area (Å²) in [6.07, 6.45) is 4.39. The van der Waals surface area contributed by atoms with Gasteiger partial charge in [-0.15, -0.1) is 11.3 Å². The van der Waals surface area contributed by atoms with Crippen molar-refractivity contribution in [2.75, 3.05) is 26.2 Å². The highest BCUT2D eigenvalue weighted by molar-refractivity contribution is 7.09. The maximum Gasteiger partial charge on any atom is 0.107 e. The van der Waals surface area contributed by atoms with Gasteiger partial charge in [-0.1, -0.05) is 24.3 Å². The molecular formula is C17H21N3S. The van der Waals surface area contributed by atoms with Gasteiger partial charge >= 0.3 is 0 Å². The molecular weight excluding hydrogens is 278 g/mol. The van der Waals surface area contributed by atoms with E-state index >= 15 is 0 Å². The normalized spacial score (nSPS) is 20.8. The molecule has 0 atom stereocenters. The summed E-state index contributed by atoms with van der Waals surface area (Å²) in [5, 5.41) is 3.32. The molecule has 4 rings (SSSR count). The van der Waals surface area contributed by atoms with Crippen molar-refractivity contribution >= 4 is 11.3 Å². The maximum absolute atomic E-state index is 4.40. The number of fused-ring (bicyclic) bond motifs is 1. The third kappa shape index (κ3) is 2.89. The lowest BCUT2D eigenvalue weighted by molar-refractivity contribution is 0.0949. The third-order valence-electron chi connectivity index (χ3n) is 4.80. The molecule has 0 spiro atoms. The summed E-state index contributed by atoms with van der Waals surface area (Å²) < 4.78 is 0. The molecule has 0 unspecified atom stereocenters. The second kappa shape index (κ2) is 5.87. The quantitative estimate of drug-likeness (QED) is 0.868. The van der Waals surface area contributed by atoms with Crippen LogP contribution in [0.5, 0.6) is 0 Å². The van der Waals surface area contributed by atoms with Crippen molar-refractivity contribution in [3.63, 3.8) is 0 Å². The predicted molar refractivity (Wildman–Crippen MR) is 86.6 cm³/mol. The lowest BCUT2D eigenvalue weighted by atomic mass is 10.1. The summed E-state index contributed by atoms with van der Waals surface area (Å²) in [5.41, 5.74) is 3.13. The summed E-state index contributed by atoms with van der Waals surface area (Å²) in [7, 11) is 0. The minimum atomic E-state index is 0.726. The Hall–Kier alpha value is -1.23. The number of hydrogen-bond acceptors (Lipinski definition) is 4. The number of thiazole rings is 1. The van der Waals surface area contributed by atoms with Gasteiger partial charge in [-0.2, -0.15) is 0 Å². The summed E-state index contributed by atoms with van der Waals surface area (Å²) in [6.45, 7) is 5.77. The Bertz CT molecular complexity index is 563. The molecule has 2 aromatic rings. The van der Waals surface area contributed by atoms with E-state index in [0.717, 1.165) is 12.6 Å². The molecule has 1 aromatic carbocycles. The first-order chi connectivity index (χ1) is 10.4. The predicted octanol–water partition coefficient (Wildman–Crippen LogP) is 2.43. The maximum atomic E-state index is 4.40. The van der Waals surface area contributed by atoms with E-state index in [1.165, 1.54) is 44.0 Å². The van der Waals surface area contributed by atoms with Crippen LogP contribution in [0, 0.1) is 0 Å². The molecule has 1 aliphatic heterocycles. The number of nitrogens with zero attached hydrogens (tertiary/aromatic N) is 3. The van der Waals surface area contributed by atoms with E-state index in [0.29, 0.717) is 0 Å². The van der Waals surface area contributed by atoms with Crippen LogP contribution in [0.1, 0.15) is 16.1 Å². The Morgan fingerprint density at radius 3 is 2.38 bits per heavy atom. The molecule has 110 valence electrons. The molecule has 0 amide bonds. The number of hydrogen-bond donors (Lipinski definition) is 0. The van der Waals surface area contributed by atoms with E-state index < -0.39 is 0 Å². The highest BCUT2D eigenvalue weighted by Gasteiger charge is 2.29. The zero-order valence-corrected chi connectivity index (χ0v) is 13.1. The Morgan fingerprint density at radius 2 is 1.76 bits per heavy atom. The molecule has 0 radical (unpaired) electrons. The SMILES string of the molecule is c1ccc2c(c1)CC(N1CCN(Cc3nccs3)CC1)C2. The van der Waals surface area contributed by atoms with Crippen LogP contribution in [-0.4, -0.2) is 47.0 Å². The first kappa shape index (κ1) is 13.4. The van der Waals surface area contributed by atoms with Crippen LogP contribution < -0.4 is 0 Å². The zero-order valence-electron chi connectivity index (χ0n) is 12.2. The van der Waals surface area contributed by atoms with Gasteiger partial charge in [0.1, 0.15) is 5.01 Å². The van der Waals surface area contributed by atoms with Gasteiger partial charge in [-0.3, -0.25) is 9.80 Å². The molecule has 0 bridgehead atoms. The average molecular weight is 299 g/mol. The van der Waals surface area contributed by atoms with Gasteiger partial charge in [0, 0.05) is 43.8 Å². The van der Waals surface area contributed by atoms with Crippen LogP contribution in [0.15, 0.2) is 35.8 Å². The van der Waals surface area contributed by atoms with Gasteiger partial charge in [0.15, 0.2) is 0 Å². The average Bonchev–Trinajstić information content (AvgIpc) is 3.16. The molecule has 3 nitrogen and oxygen atoms in total. The van der Waals surface area contributed by atoms with Gasteiger partial charge in [0.25, 0.3) is 0 Å². The van der Waals surface area contributed by atoms with Gasteiger partial charge < -0.3 is 0 Å². The molecule has 2 heterocycles. The fourth-order valence-corrected chi connectivity index (χ4v) is 4.26. The van der Waals surface area contributed by atoms with Crippen molar-refractivity contribution in [2.24, 2.45) is 0 Å². The first-order valence-corrected chi connectivity index (χ1v) is 8.68. The zero-order chi connectivity index (χ0) is 14.1. The van der Waals surface area contributed by atoms with E-state index in [4.69, 9.17) is 0 Å². The molecule has 0 saturated carbocycles. The fraction of sp³-hybridized carbons (Fsp3) is 0.471. The summed E-state index contributed by atoms with van der Waals surface area (Å²) in [6, 6.07) is 9.67. The second-order valence-corrected chi connectivity index (χ2v) is 7.05. The van der Waals surface area contributed by atoms with E-state index in [9.17, 15) is 0 Å². The number of benzene rings is 1. The molecule has 1 aliphatic carbocycles. The summed E-state index contributed by atoms with van der Waals surface area (Å²) in [5.74, 6) is 0.